The number of aryl methyl sites for hydroxylation is 1. The van der Waals surface area contributed by atoms with Crippen molar-refractivity contribution in [2.45, 2.75) is 25.8 Å². The molecule has 1 unspecified atom stereocenters. The van der Waals surface area contributed by atoms with Crippen molar-refractivity contribution in [3.63, 3.8) is 0 Å². The molecule has 0 radical (unpaired) electrons. The lowest BCUT2D eigenvalue weighted by atomic mass is 10.0. The zero-order valence-electron chi connectivity index (χ0n) is 13.7. The third kappa shape index (κ3) is 6.68. The topological polar surface area (TPSA) is 64.4 Å². The van der Waals surface area contributed by atoms with E-state index < -0.39 is 19.1 Å². The Kier molecular flexibility index (Phi) is 8.31. The molecule has 1 atom stereocenters. The minimum absolute atomic E-state index is 0. The van der Waals surface area contributed by atoms with Gasteiger partial charge in [-0.2, -0.15) is 0 Å². The van der Waals surface area contributed by atoms with Gasteiger partial charge in [-0.25, -0.2) is 8.78 Å². The Morgan fingerprint density at radius 3 is 2.52 bits per heavy atom. The van der Waals surface area contributed by atoms with Crippen LogP contribution in [0.25, 0.3) is 0 Å². The molecule has 0 aliphatic carbocycles. The fourth-order valence-corrected chi connectivity index (χ4v) is 2.22. The molecule has 0 saturated heterocycles. The summed E-state index contributed by atoms with van der Waals surface area (Å²) in [5, 5.41) is 2.71. The van der Waals surface area contributed by atoms with Crippen LogP contribution in [0.4, 0.5) is 14.5 Å². The molecule has 25 heavy (non-hydrogen) atoms. The lowest BCUT2D eigenvalue weighted by molar-refractivity contribution is -0.116. The summed E-state index contributed by atoms with van der Waals surface area (Å²) in [4.78, 5) is 12.1. The van der Waals surface area contributed by atoms with Gasteiger partial charge in [0.05, 0.1) is 0 Å². The number of hydrogen-bond donors (Lipinski definition) is 2. The van der Waals surface area contributed by atoms with Crippen molar-refractivity contribution in [3.05, 3.63) is 59.7 Å². The van der Waals surface area contributed by atoms with Crippen molar-refractivity contribution < 1.29 is 18.3 Å². The lowest BCUT2D eigenvalue weighted by Crippen LogP contribution is -2.20. The molecule has 0 bridgehead atoms. The summed E-state index contributed by atoms with van der Waals surface area (Å²) in [5.74, 6) is 0.0653. The molecule has 0 spiro atoms. The van der Waals surface area contributed by atoms with Crippen LogP contribution in [0.3, 0.4) is 0 Å². The first-order chi connectivity index (χ1) is 11.5. The summed E-state index contributed by atoms with van der Waals surface area (Å²) in [7, 11) is 0. The normalized spacial score (nSPS) is 11.6. The van der Waals surface area contributed by atoms with Crippen LogP contribution in [-0.4, -0.2) is 18.9 Å². The monoisotopic (exact) mass is 370 g/mol. The van der Waals surface area contributed by atoms with Crippen LogP contribution >= 0.6 is 12.4 Å². The predicted molar refractivity (Wildman–Crippen MR) is 96.5 cm³/mol. The summed E-state index contributed by atoms with van der Waals surface area (Å²) in [6.07, 6.45) is -2.43. The van der Waals surface area contributed by atoms with Crippen LogP contribution in [0, 0.1) is 6.92 Å². The number of nitrogens with two attached hydrogens (primary N) is 1. The smallest absolute Gasteiger partial charge is 0.272 e. The van der Waals surface area contributed by atoms with Crippen molar-refractivity contribution in [3.8, 4) is 5.75 Å². The molecule has 136 valence electrons. The molecule has 0 aliphatic rings. The molecule has 7 heteroatoms. The summed E-state index contributed by atoms with van der Waals surface area (Å²) < 4.78 is 29.6. The van der Waals surface area contributed by atoms with E-state index in [0.717, 1.165) is 11.1 Å². The molecule has 2 rings (SSSR count). The minimum atomic E-state index is -2.55. The van der Waals surface area contributed by atoms with Crippen LogP contribution in [0.1, 0.15) is 23.6 Å². The van der Waals surface area contributed by atoms with E-state index in [4.69, 9.17) is 10.5 Å². The number of rotatable bonds is 7. The highest BCUT2D eigenvalue weighted by Crippen LogP contribution is 2.24. The van der Waals surface area contributed by atoms with Gasteiger partial charge in [0.1, 0.15) is 12.4 Å². The maximum Gasteiger partial charge on any atom is 0.272 e. The summed E-state index contributed by atoms with van der Waals surface area (Å²) in [6.45, 7) is 1.06. The number of benzene rings is 2. The Morgan fingerprint density at radius 1 is 1.20 bits per heavy atom. The summed E-state index contributed by atoms with van der Waals surface area (Å²) in [6, 6.07) is 13.8. The van der Waals surface area contributed by atoms with Gasteiger partial charge in [0.25, 0.3) is 6.43 Å². The lowest BCUT2D eigenvalue weighted by Gasteiger charge is -2.14. The van der Waals surface area contributed by atoms with Crippen molar-refractivity contribution in [2.24, 2.45) is 5.73 Å². The SMILES string of the molecule is Cc1ccc(NC(=O)CC(N)c2ccccc2)cc1OCC(F)F.Cl. The fourth-order valence-electron chi connectivity index (χ4n) is 2.22. The Balaban J connectivity index is 0.00000312. The number of hydrogen-bond acceptors (Lipinski definition) is 3. The molecular weight excluding hydrogens is 350 g/mol. The minimum Gasteiger partial charge on any atom is -0.487 e. The molecule has 0 saturated carbocycles. The average Bonchev–Trinajstić information content (AvgIpc) is 2.56. The van der Waals surface area contributed by atoms with Crippen molar-refractivity contribution in [2.75, 3.05) is 11.9 Å². The van der Waals surface area contributed by atoms with E-state index in [2.05, 4.69) is 5.32 Å². The third-order valence-electron chi connectivity index (χ3n) is 3.47. The highest BCUT2D eigenvalue weighted by Gasteiger charge is 2.13. The van der Waals surface area contributed by atoms with E-state index in [-0.39, 0.29) is 24.7 Å². The standard InChI is InChI=1S/C18H20F2N2O2.ClH/c1-12-7-8-14(9-16(12)24-11-17(19)20)22-18(23)10-15(21)13-5-3-2-4-6-13;/h2-9,15,17H,10-11,21H2,1H3,(H,22,23);1H. The van der Waals surface area contributed by atoms with Gasteiger partial charge < -0.3 is 15.8 Å². The van der Waals surface area contributed by atoms with E-state index in [1.54, 1.807) is 19.1 Å². The molecule has 0 aromatic heterocycles. The van der Waals surface area contributed by atoms with Gasteiger partial charge in [0.2, 0.25) is 5.91 Å². The van der Waals surface area contributed by atoms with E-state index in [9.17, 15) is 13.6 Å². The zero-order chi connectivity index (χ0) is 17.5. The van der Waals surface area contributed by atoms with Gasteiger partial charge in [0, 0.05) is 24.2 Å². The van der Waals surface area contributed by atoms with Gasteiger partial charge in [0.15, 0.2) is 0 Å². The van der Waals surface area contributed by atoms with Crippen LogP contribution in [0.5, 0.6) is 5.75 Å². The number of anilines is 1. The fraction of sp³-hybridized carbons (Fsp3) is 0.278. The van der Waals surface area contributed by atoms with Crippen LogP contribution in [0.15, 0.2) is 48.5 Å². The first kappa shape index (κ1) is 20.9. The first-order valence-corrected chi connectivity index (χ1v) is 7.57. The van der Waals surface area contributed by atoms with E-state index >= 15 is 0 Å². The summed E-state index contributed by atoms with van der Waals surface area (Å²) in [5.41, 5.74) is 8.09. The Bertz CT molecular complexity index is 684. The molecule has 3 N–H and O–H groups in total. The van der Waals surface area contributed by atoms with Crippen LogP contribution < -0.4 is 15.8 Å². The van der Waals surface area contributed by atoms with Crippen molar-refractivity contribution in [1.29, 1.82) is 0 Å². The van der Waals surface area contributed by atoms with Gasteiger partial charge in [-0.15, -0.1) is 12.4 Å². The van der Waals surface area contributed by atoms with Gasteiger partial charge in [-0.05, 0) is 24.1 Å². The predicted octanol–water partition coefficient (Wildman–Crippen LogP) is 4.09. The second-order valence-electron chi connectivity index (χ2n) is 5.45. The molecule has 0 aliphatic heterocycles. The number of alkyl halides is 2. The molecule has 0 heterocycles. The van der Waals surface area contributed by atoms with Gasteiger partial charge in [-0.1, -0.05) is 36.4 Å². The number of carbonyl (C=O) groups is 1. The molecule has 1 amide bonds. The number of amides is 1. The maximum atomic E-state index is 12.3. The molecular formula is C18H21ClF2N2O2. The van der Waals surface area contributed by atoms with Crippen molar-refractivity contribution in [1.82, 2.24) is 0 Å². The maximum absolute atomic E-state index is 12.3. The largest absolute Gasteiger partial charge is 0.487 e. The zero-order valence-corrected chi connectivity index (χ0v) is 14.6. The second kappa shape index (κ2) is 9.96. The second-order valence-corrected chi connectivity index (χ2v) is 5.45. The Hall–Kier alpha value is -2.18. The van der Waals surface area contributed by atoms with Crippen LogP contribution in [-0.2, 0) is 4.79 Å². The van der Waals surface area contributed by atoms with E-state index in [1.165, 1.54) is 6.07 Å². The average molecular weight is 371 g/mol. The number of ether oxygens (including phenoxy) is 1. The number of halogens is 3. The van der Waals surface area contributed by atoms with E-state index in [0.29, 0.717) is 11.4 Å². The van der Waals surface area contributed by atoms with Gasteiger partial charge in [-0.3, -0.25) is 4.79 Å². The number of nitrogens with one attached hydrogen (secondary N) is 1. The molecule has 4 nitrogen and oxygen atoms in total. The Labute approximate surface area is 151 Å². The highest BCUT2D eigenvalue weighted by molar-refractivity contribution is 5.91. The molecule has 2 aromatic rings. The first-order valence-electron chi connectivity index (χ1n) is 7.57. The molecule has 0 fully saturated rings. The third-order valence-corrected chi connectivity index (χ3v) is 3.47. The molecule has 2 aromatic carbocycles. The van der Waals surface area contributed by atoms with Gasteiger partial charge >= 0.3 is 0 Å². The van der Waals surface area contributed by atoms with Crippen molar-refractivity contribution >= 4 is 24.0 Å². The van der Waals surface area contributed by atoms with Crippen LogP contribution in [0.2, 0.25) is 0 Å². The van der Waals surface area contributed by atoms with E-state index in [1.807, 2.05) is 30.3 Å². The quantitative estimate of drug-likeness (QED) is 0.771. The Morgan fingerprint density at radius 2 is 1.88 bits per heavy atom. The number of carbonyl (C=O) groups excluding carboxylic acids is 1. The summed E-state index contributed by atoms with van der Waals surface area (Å²) >= 11 is 0. The highest BCUT2D eigenvalue weighted by atomic mass is 35.5.